The molecule has 19 heteroatoms. The Hall–Kier alpha value is -1.73. The molecule has 0 aromatic rings. The van der Waals surface area contributed by atoms with Crippen LogP contribution in [0.3, 0.4) is 0 Å². The number of allylic oxidation sites excluding steroid dienone is 4. The highest BCUT2D eigenvalue weighted by atomic mass is 16.8. The molecule has 0 radical (unpaired) electrons. The van der Waals surface area contributed by atoms with Gasteiger partial charge in [-0.05, 0) is 44.9 Å². The van der Waals surface area contributed by atoms with Gasteiger partial charge in [0.1, 0.15) is 73.2 Å². The summed E-state index contributed by atoms with van der Waals surface area (Å²) in [7, 11) is 0. The molecule has 3 fully saturated rings. The monoisotopic (exact) mass is 1320 g/mol. The van der Waals surface area contributed by atoms with Crippen molar-refractivity contribution < 1.29 is 89.4 Å². The molecule has 3 heterocycles. The van der Waals surface area contributed by atoms with Crippen LogP contribution in [0.15, 0.2) is 24.3 Å². The fraction of sp³-hybridized carbons (Fsp3) is 0.932. The number of rotatable bonds is 59. The van der Waals surface area contributed by atoms with E-state index < -0.39 is 124 Å². The normalized spacial score (nSPS) is 27.8. The van der Waals surface area contributed by atoms with E-state index in [1.165, 1.54) is 212 Å². The molecule has 0 saturated carbocycles. The van der Waals surface area contributed by atoms with Gasteiger partial charge in [-0.1, -0.05) is 276 Å². The van der Waals surface area contributed by atoms with Crippen LogP contribution >= 0.6 is 0 Å². The van der Waals surface area contributed by atoms with Crippen molar-refractivity contribution in [1.29, 1.82) is 0 Å². The Labute approximate surface area is 556 Å². The number of amides is 1. The second-order valence-electron chi connectivity index (χ2n) is 27.1. The van der Waals surface area contributed by atoms with Gasteiger partial charge >= 0.3 is 0 Å². The lowest BCUT2D eigenvalue weighted by molar-refractivity contribution is -0.379. The van der Waals surface area contributed by atoms with Crippen molar-refractivity contribution in [2.24, 2.45) is 0 Å². The van der Waals surface area contributed by atoms with Gasteiger partial charge in [0.2, 0.25) is 5.91 Å². The van der Waals surface area contributed by atoms with Crippen LogP contribution in [0.4, 0.5) is 0 Å². The van der Waals surface area contributed by atoms with E-state index in [2.05, 4.69) is 43.5 Å². The minimum atomic E-state index is -1.97. The van der Waals surface area contributed by atoms with Crippen molar-refractivity contribution in [3.8, 4) is 0 Å². The molecule has 3 rings (SSSR count). The molecule has 0 aromatic carbocycles. The molecule has 17 unspecified atom stereocenters. The Morgan fingerprint density at radius 2 is 0.717 bits per heavy atom. The zero-order chi connectivity index (χ0) is 66.8. The molecule has 17 atom stereocenters. The van der Waals surface area contributed by atoms with Gasteiger partial charge in [-0.2, -0.15) is 0 Å². The van der Waals surface area contributed by atoms with E-state index in [4.69, 9.17) is 28.4 Å². The van der Waals surface area contributed by atoms with Gasteiger partial charge in [0.15, 0.2) is 18.9 Å². The smallest absolute Gasteiger partial charge is 0.220 e. The van der Waals surface area contributed by atoms with E-state index >= 15 is 0 Å². The molecule has 542 valence electrons. The Balaban J connectivity index is 1.40. The van der Waals surface area contributed by atoms with Gasteiger partial charge in [0.05, 0.1) is 38.6 Å². The SMILES string of the molecule is CCCCCCC/C=C\C/C=C\CCCCCCCCCCCC(=O)NC(COC1OC(CO)C(OC2OC(CO)C(OC3OC(CO)C(O)C(O)C3O)C(O)C2O)C(O)C1O)C(O)CCCCCCCCCCCCCCCCCCCCCCCCCCCC. The number of aliphatic hydroxyl groups is 11. The van der Waals surface area contributed by atoms with Crippen LogP contribution in [0.5, 0.6) is 0 Å². The molecule has 12 N–H and O–H groups in total. The molecule has 3 saturated heterocycles. The molecule has 0 aliphatic carbocycles. The van der Waals surface area contributed by atoms with Gasteiger partial charge in [0.25, 0.3) is 0 Å². The Bertz CT molecular complexity index is 1760. The van der Waals surface area contributed by atoms with Crippen LogP contribution in [0.25, 0.3) is 0 Å². The Morgan fingerprint density at radius 3 is 1.11 bits per heavy atom. The topological polar surface area (TPSA) is 307 Å². The maximum Gasteiger partial charge on any atom is 0.220 e. The summed E-state index contributed by atoms with van der Waals surface area (Å²) in [5, 5.41) is 121. The first-order valence-corrected chi connectivity index (χ1v) is 37.6. The zero-order valence-electron chi connectivity index (χ0n) is 57.5. The third-order valence-corrected chi connectivity index (χ3v) is 19.0. The fourth-order valence-electron chi connectivity index (χ4n) is 12.9. The highest BCUT2D eigenvalue weighted by Crippen LogP contribution is 2.33. The number of hydrogen-bond acceptors (Lipinski definition) is 18. The van der Waals surface area contributed by atoms with Crippen LogP contribution in [-0.4, -0.2) is 193 Å². The molecule has 19 nitrogen and oxygen atoms in total. The summed E-state index contributed by atoms with van der Waals surface area (Å²) in [6.07, 6.45) is 36.8. The minimum absolute atomic E-state index is 0.243. The van der Waals surface area contributed by atoms with Gasteiger partial charge < -0.3 is 89.9 Å². The summed E-state index contributed by atoms with van der Waals surface area (Å²) in [5.74, 6) is -0.243. The molecule has 1 amide bonds. The summed E-state index contributed by atoms with van der Waals surface area (Å²) in [6, 6.07) is -0.890. The van der Waals surface area contributed by atoms with Gasteiger partial charge in [-0.3, -0.25) is 4.79 Å². The van der Waals surface area contributed by atoms with Crippen molar-refractivity contribution in [3.05, 3.63) is 24.3 Å². The predicted molar refractivity (Wildman–Crippen MR) is 360 cm³/mol. The van der Waals surface area contributed by atoms with Gasteiger partial charge in [0, 0.05) is 6.42 Å². The number of unbranched alkanes of at least 4 members (excludes halogenated alkanes) is 39. The fourth-order valence-corrected chi connectivity index (χ4v) is 12.9. The van der Waals surface area contributed by atoms with E-state index in [0.29, 0.717) is 12.8 Å². The molecule has 3 aliphatic rings. The molecule has 92 heavy (non-hydrogen) atoms. The average Bonchev–Trinajstić information content (AvgIpc) is 0.838. The first-order valence-electron chi connectivity index (χ1n) is 37.6. The first-order chi connectivity index (χ1) is 44.8. The molecule has 0 spiro atoms. The van der Waals surface area contributed by atoms with Crippen LogP contribution in [-0.2, 0) is 33.2 Å². The molecule has 3 aliphatic heterocycles. The number of hydrogen-bond donors (Lipinski definition) is 12. The van der Waals surface area contributed by atoms with E-state index in [9.17, 15) is 61.0 Å². The molecule has 0 aromatic heterocycles. The first kappa shape index (κ1) is 84.5. The van der Waals surface area contributed by atoms with Crippen molar-refractivity contribution in [2.75, 3.05) is 26.4 Å². The zero-order valence-corrected chi connectivity index (χ0v) is 57.5. The van der Waals surface area contributed by atoms with Crippen LogP contribution in [0.1, 0.15) is 303 Å². The summed E-state index contributed by atoms with van der Waals surface area (Å²) in [6.45, 7) is 1.83. The van der Waals surface area contributed by atoms with E-state index in [-0.39, 0.29) is 18.9 Å². The quantitative estimate of drug-likeness (QED) is 0.0199. The lowest BCUT2D eigenvalue weighted by Crippen LogP contribution is -2.66. The molecular formula is C73H137NO18. The number of aliphatic hydroxyl groups excluding tert-OH is 11. The van der Waals surface area contributed by atoms with Crippen LogP contribution in [0, 0.1) is 0 Å². The van der Waals surface area contributed by atoms with E-state index in [1.807, 2.05) is 0 Å². The third kappa shape index (κ3) is 36.2. The summed E-state index contributed by atoms with van der Waals surface area (Å²) in [5.41, 5.74) is 0. The Kier molecular flexibility index (Phi) is 50.7. The number of carbonyl (C=O) groups excluding carboxylic acids is 1. The molecule has 0 bridgehead atoms. The van der Waals surface area contributed by atoms with Crippen molar-refractivity contribution in [3.63, 3.8) is 0 Å². The van der Waals surface area contributed by atoms with Crippen molar-refractivity contribution in [1.82, 2.24) is 5.32 Å². The van der Waals surface area contributed by atoms with Gasteiger partial charge in [-0.25, -0.2) is 0 Å². The van der Waals surface area contributed by atoms with Crippen molar-refractivity contribution in [2.45, 2.75) is 407 Å². The van der Waals surface area contributed by atoms with Crippen LogP contribution < -0.4 is 5.32 Å². The number of nitrogens with one attached hydrogen (secondary N) is 1. The maximum atomic E-state index is 13.5. The second kappa shape index (κ2) is 55.2. The summed E-state index contributed by atoms with van der Waals surface area (Å²) >= 11 is 0. The average molecular weight is 1320 g/mol. The standard InChI is InChI=1S/C73H137NO18/c1-3-5-7-9-11-13-15-17-19-21-23-25-26-27-28-29-31-32-34-36-38-40-42-44-46-48-50-57(78)56(74-61(79)51-49-47-45-43-41-39-37-35-33-30-24-22-20-18-16-14-12-10-8-6-4-2)55-87-71-67(85)64(82)69(59(53-76)89-71)92-73-68(86)65(83)70(60(54-77)90-73)91-72-66(84)63(81)62(80)58(52-75)88-72/h16,18,22,24,56-60,62-73,75-78,80-86H,3-15,17,19-21,23,25-55H2,1-2H3,(H,74,79)/b18-16-,24-22-. The third-order valence-electron chi connectivity index (χ3n) is 19.0. The van der Waals surface area contributed by atoms with Crippen molar-refractivity contribution >= 4 is 5.91 Å². The summed E-state index contributed by atoms with van der Waals surface area (Å²) in [4.78, 5) is 13.5. The lowest BCUT2D eigenvalue weighted by Gasteiger charge is -2.48. The predicted octanol–water partition coefficient (Wildman–Crippen LogP) is 11.0. The van der Waals surface area contributed by atoms with Crippen LogP contribution in [0.2, 0.25) is 0 Å². The highest BCUT2D eigenvalue weighted by Gasteiger charge is 2.53. The maximum absolute atomic E-state index is 13.5. The largest absolute Gasteiger partial charge is 0.394 e. The lowest BCUT2D eigenvalue weighted by atomic mass is 9.96. The van der Waals surface area contributed by atoms with E-state index in [0.717, 1.165) is 57.8 Å². The second-order valence-corrected chi connectivity index (χ2v) is 27.1. The highest BCUT2D eigenvalue weighted by molar-refractivity contribution is 5.76. The number of carbonyl (C=O) groups is 1. The minimum Gasteiger partial charge on any atom is -0.394 e. The number of ether oxygens (including phenoxy) is 6. The summed E-state index contributed by atoms with van der Waals surface area (Å²) < 4.78 is 34.5. The molecular weight excluding hydrogens is 1180 g/mol. The van der Waals surface area contributed by atoms with E-state index in [1.54, 1.807) is 0 Å². The Morgan fingerprint density at radius 1 is 0.391 bits per heavy atom. The van der Waals surface area contributed by atoms with Gasteiger partial charge in [-0.15, -0.1) is 0 Å².